The van der Waals surface area contributed by atoms with Crippen LogP contribution in [0.15, 0.2) is 0 Å². The Morgan fingerprint density at radius 1 is 1.50 bits per heavy atom. The zero-order chi connectivity index (χ0) is 7.61. The predicted molar refractivity (Wildman–Crippen MR) is 35.3 cm³/mol. The molecular formula is C6H12F2N2. The molecule has 0 aromatic rings. The molecule has 0 saturated carbocycles. The maximum absolute atomic E-state index is 12.6. The van der Waals surface area contributed by atoms with Crippen LogP contribution >= 0.6 is 0 Å². The van der Waals surface area contributed by atoms with Crippen LogP contribution in [0.5, 0.6) is 0 Å². The SMILES string of the molecule is CN1CCNCC(F)(F)C1. The van der Waals surface area contributed by atoms with Gasteiger partial charge in [0.15, 0.2) is 0 Å². The molecule has 0 aromatic carbocycles. The molecule has 1 aliphatic heterocycles. The summed E-state index contributed by atoms with van der Waals surface area (Å²) in [5.74, 6) is -2.55. The molecule has 0 atom stereocenters. The van der Waals surface area contributed by atoms with Gasteiger partial charge in [-0.15, -0.1) is 0 Å². The Hall–Kier alpha value is -0.220. The summed E-state index contributed by atoms with van der Waals surface area (Å²) in [6.45, 7) is 1.05. The van der Waals surface area contributed by atoms with E-state index in [1.165, 1.54) is 0 Å². The quantitative estimate of drug-likeness (QED) is 0.529. The summed E-state index contributed by atoms with van der Waals surface area (Å²) in [7, 11) is 1.71. The van der Waals surface area contributed by atoms with Crippen molar-refractivity contribution in [2.75, 3.05) is 33.2 Å². The van der Waals surface area contributed by atoms with E-state index in [0.717, 1.165) is 0 Å². The van der Waals surface area contributed by atoms with Crippen LogP contribution in [0.25, 0.3) is 0 Å². The van der Waals surface area contributed by atoms with Crippen LogP contribution in [-0.2, 0) is 0 Å². The van der Waals surface area contributed by atoms with E-state index in [1.54, 1.807) is 11.9 Å². The molecule has 0 spiro atoms. The smallest absolute Gasteiger partial charge is 0.272 e. The minimum Gasteiger partial charge on any atom is -0.310 e. The molecule has 0 aliphatic carbocycles. The molecule has 1 heterocycles. The van der Waals surface area contributed by atoms with Crippen molar-refractivity contribution in [1.82, 2.24) is 10.2 Å². The van der Waals surface area contributed by atoms with Gasteiger partial charge in [-0.1, -0.05) is 0 Å². The van der Waals surface area contributed by atoms with Crippen LogP contribution in [0, 0.1) is 0 Å². The van der Waals surface area contributed by atoms with Crippen LogP contribution in [0.2, 0.25) is 0 Å². The standard InChI is InChI=1S/C6H12F2N2/c1-10-3-2-9-4-6(7,8)5-10/h9H,2-5H2,1H3. The van der Waals surface area contributed by atoms with Gasteiger partial charge in [-0.05, 0) is 7.05 Å². The molecule has 1 saturated heterocycles. The number of hydrogen-bond donors (Lipinski definition) is 1. The van der Waals surface area contributed by atoms with Crippen molar-refractivity contribution in [3.63, 3.8) is 0 Å². The van der Waals surface area contributed by atoms with Crippen LogP contribution in [0.3, 0.4) is 0 Å². The summed E-state index contributed by atoms with van der Waals surface area (Å²) in [5.41, 5.74) is 0. The third kappa shape index (κ3) is 2.19. The van der Waals surface area contributed by atoms with Gasteiger partial charge in [0, 0.05) is 13.1 Å². The van der Waals surface area contributed by atoms with Crippen molar-refractivity contribution >= 4 is 0 Å². The molecule has 2 nitrogen and oxygen atoms in total. The van der Waals surface area contributed by atoms with Crippen LogP contribution in [0.4, 0.5) is 8.78 Å². The largest absolute Gasteiger partial charge is 0.310 e. The highest BCUT2D eigenvalue weighted by atomic mass is 19.3. The van der Waals surface area contributed by atoms with E-state index in [0.29, 0.717) is 13.1 Å². The Labute approximate surface area is 59.2 Å². The maximum Gasteiger partial charge on any atom is 0.272 e. The zero-order valence-corrected chi connectivity index (χ0v) is 6.03. The third-order valence-electron chi connectivity index (χ3n) is 1.56. The van der Waals surface area contributed by atoms with Gasteiger partial charge in [0.05, 0.1) is 13.1 Å². The number of rotatable bonds is 0. The first kappa shape index (κ1) is 7.88. The monoisotopic (exact) mass is 150 g/mol. The number of nitrogens with zero attached hydrogens (tertiary/aromatic N) is 1. The number of likely N-dealkylation sites (N-methyl/N-ethyl adjacent to an activating group) is 1. The Morgan fingerprint density at radius 3 is 2.90 bits per heavy atom. The second kappa shape index (κ2) is 2.80. The molecule has 0 amide bonds. The summed E-state index contributed by atoms with van der Waals surface area (Å²) in [6, 6.07) is 0. The fraction of sp³-hybridized carbons (Fsp3) is 1.00. The van der Waals surface area contributed by atoms with Crippen LogP contribution in [-0.4, -0.2) is 44.0 Å². The lowest BCUT2D eigenvalue weighted by Crippen LogP contribution is -2.36. The highest BCUT2D eigenvalue weighted by Crippen LogP contribution is 2.14. The molecule has 1 N–H and O–H groups in total. The van der Waals surface area contributed by atoms with E-state index < -0.39 is 5.92 Å². The summed E-state index contributed by atoms with van der Waals surface area (Å²) in [5, 5.41) is 2.68. The van der Waals surface area contributed by atoms with E-state index in [1.807, 2.05) is 0 Å². The fourth-order valence-electron chi connectivity index (χ4n) is 1.07. The van der Waals surface area contributed by atoms with Gasteiger partial charge in [0.1, 0.15) is 0 Å². The number of halogens is 2. The lowest BCUT2D eigenvalue weighted by molar-refractivity contribution is -0.0131. The molecule has 0 bridgehead atoms. The van der Waals surface area contributed by atoms with Gasteiger partial charge < -0.3 is 5.32 Å². The van der Waals surface area contributed by atoms with Gasteiger partial charge in [-0.2, -0.15) is 0 Å². The predicted octanol–water partition coefficient (Wildman–Crippen LogP) is 0.157. The summed E-state index contributed by atoms with van der Waals surface area (Å²) in [4.78, 5) is 1.64. The fourth-order valence-corrected chi connectivity index (χ4v) is 1.07. The molecule has 1 fully saturated rings. The van der Waals surface area contributed by atoms with Crippen molar-refractivity contribution in [3.05, 3.63) is 0 Å². The van der Waals surface area contributed by atoms with E-state index >= 15 is 0 Å². The van der Waals surface area contributed by atoms with E-state index in [-0.39, 0.29) is 13.1 Å². The molecule has 60 valence electrons. The Morgan fingerprint density at radius 2 is 2.20 bits per heavy atom. The lowest BCUT2D eigenvalue weighted by Gasteiger charge is -2.18. The van der Waals surface area contributed by atoms with E-state index in [4.69, 9.17) is 0 Å². The Balaban J connectivity index is 2.46. The van der Waals surface area contributed by atoms with Crippen molar-refractivity contribution in [2.45, 2.75) is 5.92 Å². The highest BCUT2D eigenvalue weighted by Gasteiger charge is 2.31. The van der Waals surface area contributed by atoms with Gasteiger partial charge in [-0.3, -0.25) is 4.90 Å². The average Bonchev–Trinajstić information content (AvgIpc) is 1.90. The van der Waals surface area contributed by atoms with Gasteiger partial charge >= 0.3 is 0 Å². The minimum atomic E-state index is -2.55. The van der Waals surface area contributed by atoms with Crippen molar-refractivity contribution < 1.29 is 8.78 Å². The van der Waals surface area contributed by atoms with E-state index in [2.05, 4.69) is 5.32 Å². The van der Waals surface area contributed by atoms with Gasteiger partial charge in [-0.25, -0.2) is 8.78 Å². The number of alkyl halides is 2. The second-order valence-corrected chi connectivity index (χ2v) is 2.77. The second-order valence-electron chi connectivity index (χ2n) is 2.77. The Bertz CT molecular complexity index is 116. The maximum atomic E-state index is 12.6. The zero-order valence-electron chi connectivity index (χ0n) is 6.03. The summed E-state index contributed by atoms with van der Waals surface area (Å²) in [6.07, 6.45) is 0. The molecule has 0 radical (unpaired) electrons. The first-order valence-electron chi connectivity index (χ1n) is 3.37. The van der Waals surface area contributed by atoms with Crippen LogP contribution in [0.1, 0.15) is 0 Å². The molecule has 10 heavy (non-hydrogen) atoms. The topological polar surface area (TPSA) is 15.3 Å². The first-order valence-corrected chi connectivity index (χ1v) is 3.37. The van der Waals surface area contributed by atoms with Gasteiger partial charge in [0.25, 0.3) is 5.92 Å². The Kier molecular flexibility index (Phi) is 2.21. The highest BCUT2D eigenvalue weighted by molar-refractivity contribution is 4.77. The van der Waals surface area contributed by atoms with Crippen molar-refractivity contribution in [1.29, 1.82) is 0 Å². The number of nitrogens with one attached hydrogen (secondary N) is 1. The molecule has 1 aliphatic rings. The third-order valence-corrected chi connectivity index (χ3v) is 1.56. The van der Waals surface area contributed by atoms with E-state index in [9.17, 15) is 8.78 Å². The van der Waals surface area contributed by atoms with Crippen molar-refractivity contribution in [3.8, 4) is 0 Å². The lowest BCUT2D eigenvalue weighted by atomic mass is 10.3. The van der Waals surface area contributed by atoms with Crippen LogP contribution < -0.4 is 5.32 Å². The van der Waals surface area contributed by atoms with Crippen molar-refractivity contribution in [2.24, 2.45) is 0 Å². The molecule has 4 heteroatoms. The number of hydrogen-bond acceptors (Lipinski definition) is 2. The van der Waals surface area contributed by atoms with Gasteiger partial charge in [0.2, 0.25) is 0 Å². The minimum absolute atomic E-state index is 0.125. The molecule has 0 unspecified atom stereocenters. The molecule has 1 rings (SSSR count). The normalized spacial score (nSPS) is 27.9. The molecule has 0 aromatic heterocycles. The average molecular weight is 150 g/mol. The summed E-state index contributed by atoms with van der Waals surface area (Å²) < 4.78 is 25.2. The molecular weight excluding hydrogens is 138 g/mol. The first-order chi connectivity index (χ1) is 4.60. The summed E-state index contributed by atoms with van der Waals surface area (Å²) >= 11 is 0.